The van der Waals surface area contributed by atoms with Crippen LogP contribution in [0.2, 0.25) is 0 Å². The number of nitro benzene ring substituents is 1. The van der Waals surface area contributed by atoms with Crippen LogP contribution in [0.15, 0.2) is 23.0 Å². The highest BCUT2D eigenvalue weighted by atomic mass is 32.1. The summed E-state index contributed by atoms with van der Waals surface area (Å²) in [6, 6.07) is 4.09. The van der Waals surface area contributed by atoms with Crippen molar-refractivity contribution < 1.29 is 14.5 Å². The zero-order valence-corrected chi connectivity index (χ0v) is 12.9. The first kappa shape index (κ1) is 15.7. The van der Waals surface area contributed by atoms with Gasteiger partial charge in [-0.1, -0.05) is 11.3 Å². The first-order valence-electron chi connectivity index (χ1n) is 6.15. The molecule has 0 bridgehead atoms. The standard InChI is InChI=1S/C13H13N3O5S/c1-7-11(22-13(18)15(7)2)12(17)14-8-4-5-10(21-3)9(6-8)16(19)20/h4-6H,1-3H3,(H,14,17). The summed E-state index contributed by atoms with van der Waals surface area (Å²) >= 11 is 0.823. The number of thiazole rings is 1. The van der Waals surface area contributed by atoms with Crippen LogP contribution in [-0.4, -0.2) is 22.5 Å². The van der Waals surface area contributed by atoms with Crippen molar-refractivity contribution in [3.05, 3.63) is 48.6 Å². The third kappa shape index (κ3) is 2.84. The Hall–Kier alpha value is -2.68. The maximum atomic E-state index is 12.2. The predicted octanol–water partition coefficient (Wildman–Crippen LogP) is 1.92. The second kappa shape index (κ2) is 5.98. The lowest BCUT2D eigenvalue weighted by molar-refractivity contribution is -0.385. The molecule has 1 aromatic carbocycles. The minimum Gasteiger partial charge on any atom is -0.490 e. The highest BCUT2D eigenvalue weighted by Crippen LogP contribution is 2.30. The average molecular weight is 323 g/mol. The van der Waals surface area contributed by atoms with Crippen LogP contribution < -0.4 is 14.9 Å². The maximum absolute atomic E-state index is 12.2. The molecule has 1 N–H and O–H groups in total. The summed E-state index contributed by atoms with van der Waals surface area (Å²) in [6.45, 7) is 1.66. The molecule has 0 aliphatic carbocycles. The number of aromatic nitrogens is 1. The minimum atomic E-state index is -0.597. The number of amides is 1. The molecule has 0 aliphatic rings. The number of nitrogens with one attached hydrogen (secondary N) is 1. The molecule has 0 atom stereocenters. The lowest BCUT2D eigenvalue weighted by atomic mass is 10.2. The molecule has 2 rings (SSSR count). The van der Waals surface area contributed by atoms with E-state index in [9.17, 15) is 19.7 Å². The zero-order chi connectivity index (χ0) is 16.4. The van der Waals surface area contributed by atoms with Gasteiger partial charge in [0.15, 0.2) is 5.75 Å². The Balaban J connectivity index is 2.32. The molecule has 9 heteroatoms. The Morgan fingerprint density at radius 3 is 2.64 bits per heavy atom. The third-order valence-electron chi connectivity index (χ3n) is 3.13. The van der Waals surface area contributed by atoms with Gasteiger partial charge < -0.3 is 14.6 Å². The second-order valence-corrected chi connectivity index (χ2v) is 5.40. The Morgan fingerprint density at radius 1 is 1.45 bits per heavy atom. The van der Waals surface area contributed by atoms with Crippen molar-refractivity contribution in [2.24, 2.45) is 7.05 Å². The number of methoxy groups -OCH3 is 1. The van der Waals surface area contributed by atoms with Gasteiger partial charge in [-0.05, 0) is 19.1 Å². The SMILES string of the molecule is COc1ccc(NC(=O)c2sc(=O)n(C)c2C)cc1[N+](=O)[O-]. The number of ether oxygens (including phenoxy) is 1. The van der Waals surface area contributed by atoms with E-state index in [0.29, 0.717) is 5.69 Å². The van der Waals surface area contributed by atoms with Crippen LogP contribution in [-0.2, 0) is 7.05 Å². The van der Waals surface area contributed by atoms with Gasteiger partial charge in [0.25, 0.3) is 5.91 Å². The summed E-state index contributed by atoms with van der Waals surface area (Å²) in [5, 5.41) is 13.5. The molecule has 0 saturated heterocycles. The minimum absolute atomic E-state index is 0.101. The van der Waals surface area contributed by atoms with Gasteiger partial charge in [0.1, 0.15) is 4.88 Å². The monoisotopic (exact) mass is 323 g/mol. The number of nitro groups is 1. The zero-order valence-electron chi connectivity index (χ0n) is 12.1. The van der Waals surface area contributed by atoms with Crippen molar-refractivity contribution in [2.45, 2.75) is 6.92 Å². The highest BCUT2D eigenvalue weighted by molar-refractivity contribution is 7.11. The fraction of sp³-hybridized carbons (Fsp3) is 0.231. The van der Waals surface area contributed by atoms with E-state index in [4.69, 9.17) is 4.74 Å². The molecule has 0 aliphatic heterocycles. The summed E-state index contributed by atoms with van der Waals surface area (Å²) in [4.78, 5) is 34.1. The molecule has 0 spiro atoms. The molecule has 1 amide bonds. The van der Waals surface area contributed by atoms with Crippen molar-refractivity contribution in [2.75, 3.05) is 12.4 Å². The van der Waals surface area contributed by atoms with E-state index in [2.05, 4.69) is 5.32 Å². The summed E-state index contributed by atoms with van der Waals surface area (Å²) < 4.78 is 6.26. The number of nitrogens with zero attached hydrogens (tertiary/aromatic N) is 2. The van der Waals surface area contributed by atoms with Crippen LogP contribution >= 0.6 is 11.3 Å². The Kier molecular flexibility index (Phi) is 4.27. The Bertz CT molecular complexity index is 808. The Labute approximate surface area is 129 Å². The lowest BCUT2D eigenvalue weighted by Crippen LogP contribution is -2.13. The fourth-order valence-corrected chi connectivity index (χ4v) is 2.70. The largest absolute Gasteiger partial charge is 0.490 e. The van der Waals surface area contributed by atoms with Crippen molar-refractivity contribution in [1.29, 1.82) is 0 Å². The third-order valence-corrected chi connectivity index (χ3v) is 4.27. The van der Waals surface area contributed by atoms with Gasteiger partial charge in [0.05, 0.1) is 12.0 Å². The van der Waals surface area contributed by atoms with Crippen LogP contribution in [0, 0.1) is 17.0 Å². The number of rotatable bonds is 4. The lowest BCUT2D eigenvalue weighted by Gasteiger charge is -2.07. The van der Waals surface area contributed by atoms with E-state index in [0.717, 1.165) is 11.3 Å². The maximum Gasteiger partial charge on any atom is 0.312 e. The van der Waals surface area contributed by atoms with Crippen LogP contribution in [0.3, 0.4) is 0 Å². The van der Waals surface area contributed by atoms with Crippen molar-refractivity contribution in [3.8, 4) is 5.75 Å². The topological polar surface area (TPSA) is 103 Å². The molecule has 22 heavy (non-hydrogen) atoms. The van der Waals surface area contributed by atoms with Crippen LogP contribution in [0.5, 0.6) is 5.75 Å². The molecule has 1 heterocycles. The summed E-state index contributed by atoms with van der Waals surface area (Å²) in [6.07, 6.45) is 0. The molecule has 0 radical (unpaired) electrons. The van der Waals surface area contributed by atoms with E-state index in [-0.39, 0.29) is 26.9 Å². The molecule has 2 aromatic rings. The van der Waals surface area contributed by atoms with Crippen LogP contribution in [0.1, 0.15) is 15.4 Å². The van der Waals surface area contributed by atoms with Crippen molar-refractivity contribution in [1.82, 2.24) is 4.57 Å². The van der Waals surface area contributed by atoms with Gasteiger partial charge in [-0.2, -0.15) is 0 Å². The van der Waals surface area contributed by atoms with Crippen molar-refractivity contribution in [3.63, 3.8) is 0 Å². The second-order valence-electron chi connectivity index (χ2n) is 4.44. The van der Waals surface area contributed by atoms with Crippen LogP contribution in [0.25, 0.3) is 0 Å². The molecule has 0 fully saturated rings. The van der Waals surface area contributed by atoms with Gasteiger partial charge >= 0.3 is 10.6 Å². The molecule has 0 unspecified atom stereocenters. The summed E-state index contributed by atoms with van der Waals surface area (Å²) in [5.74, 6) is -0.386. The number of carbonyl (C=O) groups is 1. The first-order chi connectivity index (χ1) is 10.3. The van der Waals surface area contributed by atoms with Gasteiger partial charge in [0, 0.05) is 24.5 Å². The van der Waals surface area contributed by atoms with Crippen molar-refractivity contribution >= 4 is 28.6 Å². The van der Waals surface area contributed by atoms with E-state index in [1.807, 2.05) is 0 Å². The average Bonchev–Trinajstić information content (AvgIpc) is 2.74. The summed E-state index contributed by atoms with van der Waals surface area (Å²) in [7, 11) is 2.90. The normalized spacial score (nSPS) is 10.3. The van der Waals surface area contributed by atoms with Gasteiger partial charge in [0.2, 0.25) is 0 Å². The molecular formula is C13H13N3O5S. The number of benzene rings is 1. The van der Waals surface area contributed by atoms with E-state index < -0.39 is 10.8 Å². The van der Waals surface area contributed by atoms with E-state index in [1.54, 1.807) is 14.0 Å². The quantitative estimate of drug-likeness (QED) is 0.684. The van der Waals surface area contributed by atoms with E-state index in [1.165, 1.54) is 29.9 Å². The number of hydrogen-bond donors (Lipinski definition) is 1. The molecular weight excluding hydrogens is 310 g/mol. The number of hydrogen-bond acceptors (Lipinski definition) is 6. The Morgan fingerprint density at radius 2 is 2.14 bits per heavy atom. The fourth-order valence-electron chi connectivity index (χ4n) is 1.83. The van der Waals surface area contributed by atoms with Gasteiger partial charge in [-0.15, -0.1) is 0 Å². The van der Waals surface area contributed by atoms with Gasteiger partial charge in [-0.3, -0.25) is 19.7 Å². The van der Waals surface area contributed by atoms with E-state index >= 15 is 0 Å². The number of anilines is 1. The summed E-state index contributed by atoms with van der Waals surface area (Å²) in [5.41, 5.74) is 0.536. The first-order valence-corrected chi connectivity index (χ1v) is 6.97. The molecule has 1 aromatic heterocycles. The highest BCUT2D eigenvalue weighted by Gasteiger charge is 2.19. The number of carbonyl (C=O) groups excluding carboxylic acids is 1. The molecule has 116 valence electrons. The smallest absolute Gasteiger partial charge is 0.312 e. The molecule has 8 nitrogen and oxygen atoms in total. The molecule has 0 saturated carbocycles. The van der Waals surface area contributed by atoms with Crippen LogP contribution in [0.4, 0.5) is 11.4 Å². The predicted molar refractivity (Wildman–Crippen MR) is 81.9 cm³/mol. The van der Waals surface area contributed by atoms with Gasteiger partial charge in [-0.25, -0.2) is 0 Å².